The molecule has 7 nitrogen and oxygen atoms in total. The fourth-order valence-electron chi connectivity index (χ4n) is 2.61. The monoisotopic (exact) mass is 383 g/mol. The van der Waals surface area contributed by atoms with Crippen LogP contribution in [0.25, 0.3) is 5.69 Å². The van der Waals surface area contributed by atoms with Gasteiger partial charge in [-0.05, 0) is 47.5 Å². The fourth-order valence-corrected chi connectivity index (χ4v) is 3.32. The number of aryl methyl sites for hydroxylation is 1. The summed E-state index contributed by atoms with van der Waals surface area (Å²) in [7, 11) is 1.61. The van der Waals surface area contributed by atoms with E-state index in [4.69, 9.17) is 4.74 Å². The average Bonchev–Trinajstić information content (AvgIpc) is 3.15. The van der Waals surface area contributed by atoms with Crippen LogP contribution in [0, 0.1) is 13.8 Å². The van der Waals surface area contributed by atoms with E-state index < -0.39 is 0 Å². The summed E-state index contributed by atoms with van der Waals surface area (Å²) in [5.74, 6) is 0.881. The molecule has 1 N–H and O–H groups in total. The van der Waals surface area contributed by atoms with Crippen LogP contribution in [0.2, 0.25) is 0 Å². The molecule has 0 spiro atoms. The number of hydrogen-bond acceptors (Lipinski definition) is 6. The van der Waals surface area contributed by atoms with Crippen molar-refractivity contribution >= 4 is 17.7 Å². The molecule has 1 amide bonds. The first kappa shape index (κ1) is 18.9. The first-order valence-electron chi connectivity index (χ1n) is 8.46. The van der Waals surface area contributed by atoms with E-state index in [0.29, 0.717) is 11.7 Å². The number of carbonyl (C=O) groups is 1. The molecule has 0 unspecified atom stereocenters. The van der Waals surface area contributed by atoms with Gasteiger partial charge in [0.15, 0.2) is 0 Å². The second-order valence-electron chi connectivity index (χ2n) is 5.97. The third-order valence-corrected chi connectivity index (χ3v) is 5.17. The molecule has 0 aliphatic heterocycles. The van der Waals surface area contributed by atoms with E-state index in [-0.39, 0.29) is 11.7 Å². The predicted octanol–water partition coefficient (Wildman–Crippen LogP) is 2.70. The summed E-state index contributed by atoms with van der Waals surface area (Å²) in [6, 6.07) is 13.6. The van der Waals surface area contributed by atoms with Gasteiger partial charge in [-0.1, -0.05) is 42.1 Å². The third kappa shape index (κ3) is 4.46. The van der Waals surface area contributed by atoms with Crippen molar-refractivity contribution in [2.24, 2.45) is 0 Å². The predicted molar refractivity (Wildman–Crippen MR) is 104 cm³/mol. The van der Waals surface area contributed by atoms with Crippen molar-refractivity contribution in [1.29, 1.82) is 0 Å². The topological polar surface area (TPSA) is 81.9 Å². The number of hydrogen-bond donors (Lipinski definition) is 1. The standard InChI is InChI=1S/C19H21N5O2S/c1-13-7-6-9-16(14(13)2)24-19(21-22-23-24)27-12-18(25)20-11-15-8-4-5-10-17(15)26-3/h4-10H,11-12H2,1-3H3,(H,20,25). The van der Waals surface area contributed by atoms with Gasteiger partial charge in [-0.15, -0.1) is 5.10 Å². The number of methoxy groups -OCH3 is 1. The van der Waals surface area contributed by atoms with Crippen molar-refractivity contribution in [2.45, 2.75) is 25.5 Å². The number of benzene rings is 2. The number of rotatable bonds is 7. The van der Waals surface area contributed by atoms with Gasteiger partial charge >= 0.3 is 0 Å². The summed E-state index contributed by atoms with van der Waals surface area (Å²) in [6.07, 6.45) is 0. The fraction of sp³-hybridized carbons (Fsp3) is 0.263. The number of thioether (sulfide) groups is 1. The van der Waals surface area contributed by atoms with Gasteiger partial charge in [0.1, 0.15) is 5.75 Å². The largest absolute Gasteiger partial charge is 0.496 e. The SMILES string of the molecule is COc1ccccc1CNC(=O)CSc1nnnn1-c1cccc(C)c1C. The van der Waals surface area contributed by atoms with Crippen molar-refractivity contribution in [1.82, 2.24) is 25.5 Å². The molecule has 1 aromatic heterocycles. The van der Waals surface area contributed by atoms with Gasteiger partial charge in [-0.3, -0.25) is 4.79 Å². The van der Waals surface area contributed by atoms with E-state index >= 15 is 0 Å². The van der Waals surface area contributed by atoms with Crippen LogP contribution in [0.15, 0.2) is 47.6 Å². The Kier molecular flexibility index (Phi) is 6.08. The van der Waals surface area contributed by atoms with E-state index in [0.717, 1.165) is 28.1 Å². The Morgan fingerprint density at radius 2 is 2.00 bits per heavy atom. The second kappa shape index (κ2) is 8.68. The zero-order valence-electron chi connectivity index (χ0n) is 15.5. The normalized spacial score (nSPS) is 10.6. The molecule has 0 saturated heterocycles. The van der Waals surface area contributed by atoms with Crippen LogP contribution < -0.4 is 10.1 Å². The molecule has 0 atom stereocenters. The van der Waals surface area contributed by atoms with Crippen LogP contribution in [-0.4, -0.2) is 39.0 Å². The van der Waals surface area contributed by atoms with Gasteiger partial charge in [0.2, 0.25) is 11.1 Å². The molecule has 0 saturated carbocycles. The molecule has 0 bridgehead atoms. The van der Waals surface area contributed by atoms with Crippen LogP contribution in [0.5, 0.6) is 5.75 Å². The number of tetrazole rings is 1. The van der Waals surface area contributed by atoms with E-state index in [1.807, 2.05) is 56.3 Å². The Hall–Kier alpha value is -2.87. The molecule has 3 aromatic rings. The van der Waals surface area contributed by atoms with Gasteiger partial charge < -0.3 is 10.1 Å². The molecular weight excluding hydrogens is 362 g/mol. The minimum Gasteiger partial charge on any atom is -0.496 e. The van der Waals surface area contributed by atoms with Crippen molar-refractivity contribution in [3.05, 3.63) is 59.2 Å². The molecule has 27 heavy (non-hydrogen) atoms. The summed E-state index contributed by atoms with van der Waals surface area (Å²) in [4.78, 5) is 12.2. The molecule has 8 heteroatoms. The Labute approximate surface area is 162 Å². The van der Waals surface area contributed by atoms with Crippen LogP contribution in [0.4, 0.5) is 0 Å². The first-order valence-corrected chi connectivity index (χ1v) is 9.45. The average molecular weight is 383 g/mol. The number of aromatic nitrogens is 4. The lowest BCUT2D eigenvalue weighted by Gasteiger charge is -2.10. The minimum atomic E-state index is -0.0959. The van der Waals surface area contributed by atoms with Crippen LogP contribution in [-0.2, 0) is 11.3 Å². The summed E-state index contributed by atoms with van der Waals surface area (Å²) >= 11 is 1.30. The van der Waals surface area contributed by atoms with E-state index in [9.17, 15) is 4.79 Å². The van der Waals surface area contributed by atoms with Gasteiger partial charge in [0, 0.05) is 12.1 Å². The molecular formula is C19H21N5O2S. The van der Waals surface area contributed by atoms with Crippen molar-refractivity contribution in [2.75, 3.05) is 12.9 Å². The van der Waals surface area contributed by atoms with Gasteiger partial charge in [-0.2, -0.15) is 4.68 Å². The molecule has 1 heterocycles. The Morgan fingerprint density at radius 1 is 1.19 bits per heavy atom. The van der Waals surface area contributed by atoms with Gasteiger partial charge in [0.25, 0.3) is 0 Å². The summed E-state index contributed by atoms with van der Waals surface area (Å²) in [5.41, 5.74) is 4.11. The maximum atomic E-state index is 12.2. The van der Waals surface area contributed by atoms with Gasteiger partial charge in [0.05, 0.1) is 18.6 Å². The van der Waals surface area contributed by atoms with Crippen LogP contribution in [0.3, 0.4) is 0 Å². The van der Waals surface area contributed by atoms with Gasteiger partial charge in [-0.25, -0.2) is 0 Å². The third-order valence-electron chi connectivity index (χ3n) is 4.25. The maximum absolute atomic E-state index is 12.2. The minimum absolute atomic E-state index is 0.0959. The number of amides is 1. The summed E-state index contributed by atoms with van der Waals surface area (Å²) < 4.78 is 6.96. The van der Waals surface area contributed by atoms with Crippen LogP contribution in [0.1, 0.15) is 16.7 Å². The number of para-hydroxylation sites is 1. The quantitative estimate of drug-likeness (QED) is 0.632. The smallest absolute Gasteiger partial charge is 0.230 e. The highest BCUT2D eigenvalue weighted by Gasteiger charge is 2.14. The highest BCUT2D eigenvalue weighted by atomic mass is 32.2. The van der Waals surface area contributed by atoms with Crippen molar-refractivity contribution in [3.63, 3.8) is 0 Å². The number of carbonyl (C=O) groups excluding carboxylic acids is 1. The molecule has 3 rings (SSSR count). The lowest BCUT2D eigenvalue weighted by Crippen LogP contribution is -2.25. The lowest BCUT2D eigenvalue weighted by molar-refractivity contribution is -0.118. The zero-order valence-corrected chi connectivity index (χ0v) is 16.3. The van der Waals surface area contributed by atoms with E-state index in [1.165, 1.54) is 11.8 Å². The van der Waals surface area contributed by atoms with Crippen molar-refractivity contribution in [3.8, 4) is 11.4 Å². The Bertz CT molecular complexity index is 941. The Balaban J connectivity index is 1.62. The zero-order chi connectivity index (χ0) is 19.2. The molecule has 0 radical (unpaired) electrons. The molecule has 0 aliphatic rings. The lowest BCUT2D eigenvalue weighted by atomic mass is 10.1. The molecule has 0 fully saturated rings. The summed E-state index contributed by atoms with van der Waals surface area (Å²) in [5, 5.41) is 15.4. The van der Waals surface area contributed by atoms with E-state index in [2.05, 4.69) is 20.8 Å². The maximum Gasteiger partial charge on any atom is 0.230 e. The Morgan fingerprint density at radius 3 is 2.81 bits per heavy atom. The van der Waals surface area contributed by atoms with Crippen LogP contribution >= 0.6 is 11.8 Å². The van der Waals surface area contributed by atoms with Crippen molar-refractivity contribution < 1.29 is 9.53 Å². The molecule has 140 valence electrons. The second-order valence-corrected chi connectivity index (χ2v) is 6.91. The first-order chi connectivity index (χ1) is 13.1. The number of nitrogens with one attached hydrogen (secondary N) is 1. The number of nitrogens with zero attached hydrogens (tertiary/aromatic N) is 4. The summed E-state index contributed by atoms with van der Waals surface area (Å²) in [6.45, 7) is 4.48. The number of ether oxygens (including phenoxy) is 1. The molecule has 0 aliphatic carbocycles. The highest BCUT2D eigenvalue weighted by Crippen LogP contribution is 2.22. The molecule has 2 aromatic carbocycles. The van der Waals surface area contributed by atoms with E-state index in [1.54, 1.807) is 11.8 Å². The highest BCUT2D eigenvalue weighted by molar-refractivity contribution is 7.99.